The van der Waals surface area contributed by atoms with E-state index in [1.807, 2.05) is 24.3 Å². The second-order valence-electron chi connectivity index (χ2n) is 20.2. The van der Waals surface area contributed by atoms with Gasteiger partial charge in [0.15, 0.2) is 0 Å². The van der Waals surface area contributed by atoms with Crippen molar-refractivity contribution in [3.63, 3.8) is 0 Å². The lowest BCUT2D eigenvalue weighted by Crippen LogP contribution is -2.29. The van der Waals surface area contributed by atoms with Crippen LogP contribution >= 0.6 is 0 Å². The van der Waals surface area contributed by atoms with Gasteiger partial charge in [-0.3, -0.25) is 0 Å². The Morgan fingerprint density at radius 1 is 0.237 bits per heavy atom. The molecule has 2 aliphatic carbocycles. The fraction of sp³-hybridized carbons (Fsp3) is 0.0137. The Morgan fingerprint density at radius 2 is 0.579 bits per heavy atom. The maximum Gasteiger partial charge on any atom is 0.143 e. The number of furan rings is 2. The van der Waals surface area contributed by atoms with E-state index in [-0.39, 0.29) is 0 Å². The molecule has 14 aromatic rings. The van der Waals surface area contributed by atoms with E-state index in [0.29, 0.717) is 0 Å². The molecular formula is C73H45NO2. The summed E-state index contributed by atoms with van der Waals surface area (Å²) >= 11 is 0. The fourth-order valence-electron chi connectivity index (χ4n) is 13.0. The van der Waals surface area contributed by atoms with Gasteiger partial charge in [0.1, 0.15) is 22.3 Å². The topological polar surface area (TPSA) is 29.5 Å². The number of benzene rings is 12. The van der Waals surface area contributed by atoms with Crippen LogP contribution in [0.5, 0.6) is 0 Å². The molecule has 0 bridgehead atoms. The lowest BCUT2D eigenvalue weighted by Gasteiger charge is -2.35. The van der Waals surface area contributed by atoms with Crippen LogP contribution in [0.2, 0.25) is 0 Å². The summed E-state index contributed by atoms with van der Waals surface area (Å²) in [6.07, 6.45) is 0. The Bertz CT molecular complexity index is 4410. The molecule has 0 fully saturated rings. The molecule has 2 aliphatic rings. The predicted octanol–water partition coefficient (Wildman–Crippen LogP) is 20.0. The molecule has 0 atom stereocenters. The van der Waals surface area contributed by atoms with Crippen molar-refractivity contribution in [1.82, 2.24) is 0 Å². The molecule has 0 amide bonds. The summed E-state index contributed by atoms with van der Waals surface area (Å²) in [6, 6.07) is 99.7. The summed E-state index contributed by atoms with van der Waals surface area (Å²) in [6.45, 7) is 0. The van der Waals surface area contributed by atoms with E-state index in [0.717, 1.165) is 88.8 Å². The van der Waals surface area contributed by atoms with Crippen molar-refractivity contribution in [2.45, 2.75) is 5.41 Å². The summed E-state index contributed by atoms with van der Waals surface area (Å²) in [7, 11) is 0. The third-order valence-electron chi connectivity index (χ3n) is 16.4. The highest BCUT2D eigenvalue weighted by Crippen LogP contribution is 2.62. The Hall–Kier alpha value is -9.96. The van der Waals surface area contributed by atoms with Gasteiger partial charge in [0.25, 0.3) is 0 Å². The maximum absolute atomic E-state index is 6.50. The van der Waals surface area contributed by atoms with E-state index >= 15 is 0 Å². The van der Waals surface area contributed by atoms with Gasteiger partial charge < -0.3 is 13.7 Å². The standard InChI is InChI=1S/C73H45NO2/c1-2-16-56-55(15-1)57-17-3-8-26-65(57)73(66-27-9-4-18-58(56)66)67-28-10-5-19-59(67)60-44-37-49(45-68(60)73)46-31-38-50(39-32-46)74(51-40-33-47(34-41-51)53-22-13-24-63-61-20-6-11-29-69(61)75-71(53)63)52-42-35-48(36-43-52)54-23-14-25-64-62-21-7-12-30-70(62)76-72(54)64/h1-45H. The molecule has 0 saturated carbocycles. The molecule has 16 rings (SSSR count). The molecule has 3 nitrogen and oxygen atoms in total. The second kappa shape index (κ2) is 16.5. The highest BCUT2D eigenvalue weighted by molar-refractivity contribution is 6.11. The SMILES string of the molecule is c1ccc2c(c1)-c1ccccc1C1(c3ccccc3-2)c2ccccc2-c2ccc(-c3ccc(N(c4ccc(-c5cccc6c5oc5ccccc56)cc4)c4ccc(-c5cccc6c5oc5ccccc56)cc4)cc3)cc21. The number of hydrogen-bond acceptors (Lipinski definition) is 3. The summed E-state index contributed by atoms with van der Waals surface area (Å²) in [5.74, 6) is 0. The van der Waals surface area contributed by atoms with E-state index in [1.165, 1.54) is 61.2 Å². The van der Waals surface area contributed by atoms with Gasteiger partial charge in [-0.15, -0.1) is 0 Å². The molecule has 3 heteroatoms. The lowest BCUT2D eigenvalue weighted by atomic mass is 9.65. The first kappa shape index (κ1) is 42.5. The number of hydrogen-bond donors (Lipinski definition) is 0. The Kier molecular flexibility index (Phi) is 9.25. The van der Waals surface area contributed by atoms with Crippen molar-refractivity contribution < 1.29 is 8.83 Å². The fourth-order valence-corrected chi connectivity index (χ4v) is 13.0. The molecule has 0 saturated heterocycles. The third kappa shape index (κ3) is 6.17. The summed E-state index contributed by atoms with van der Waals surface area (Å²) in [4.78, 5) is 2.35. The van der Waals surface area contributed by atoms with E-state index < -0.39 is 5.41 Å². The molecular weight excluding hydrogens is 923 g/mol. The quantitative estimate of drug-likeness (QED) is 0.166. The molecule has 354 valence electrons. The lowest BCUT2D eigenvalue weighted by molar-refractivity contribution is 0.669. The number of anilines is 3. The minimum atomic E-state index is -0.547. The van der Waals surface area contributed by atoms with Crippen molar-refractivity contribution in [1.29, 1.82) is 0 Å². The van der Waals surface area contributed by atoms with Gasteiger partial charge in [0.2, 0.25) is 0 Å². The van der Waals surface area contributed by atoms with Crippen LogP contribution < -0.4 is 4.90 Å². The average Bonchev–Trinajstić information content (AvgIpc) is 4.15. The molecule has 0 radical (unpaired) electrons. The Labute approximate surface area is 439 Å². The summed E-state index contributed by atoms with van der Waals surface area (Å²) in [5, 5.41) is 4.49. The van der Waals surface area contributed by atoms with Crippen LogP contribution in [0.25, 0.3) is 111 Å². The van der Waals surface area contributed by atoms with Gasteiger partial charge in [-0.25, -0.2) is 0 Å². The van der Waals surface area contributed by atoms with Gasteiger partial charge in [-0.1, -0.05) is 218 Å². The van der Waals surface area contributed by atoms with Crippen LogP contribution in [0, 0.1) is 0 Å². The Morgan fingerprint density at radius 3 is 1.05 bits per heavy atom. The van der Waals surface area contributed by atoms with Gasteiger partial charge in [-0.2, -0.15) is 0 Å². The second-order valence-corrected chi connectivity index (χ2v) is 20.2. The van der Waals surface area contributed by atoms with Crippen molar-refractivity contribution in [3.05, 3.63) is 295 Å². The number of rotatable bonds is 6. The molecule has 12 aromatic carbocycles. The molecule has 2 aromatic heterocycles. The van der Waals surface area contributed by atoms with Gasteiger partial charge in [0.05, 0.1) is 5.41 Å². The van der Waals surface area contributed by atoms with Crippen LogP contribution in [-0.4, -0.2) is 0 Å². The van der Waals surface area contributed by atoms with Crippen LogP contribution in [0.15, 0.2) is 282 Å². The third-order valence-corrected chi connectivity index (χ3v) is 16.4. The van der Waals surface area contributed by atoms with Crippen molar-refractivity contribution in [2.75, 3.05) is 4.90 Å². The van der Waals surface area contributed by atoms with Crippen LogP contribution in [0.3, 0.4) is 0 Å². The number of fused-ring (bicyclic) bond motifs is 18. The minimum absolute atomic E-state index is 0.547. The summed E-state index contributed by atoms with van der Waals surface area (Å²) in [5.41, 5.74) is 25.7. The molecule has 76 heavy (non-hydrogen) atoms. The minimum Gasteiger partial charge on any atom is -0.455 e. The predicted molar refractivity (Wildman–Crippen MR) is 314 cm³/mol. The first-order valence-corrected chi connectivity index (χ1v) is 26.1. The Balaban J connectivity index is 0.824. The monoisotopic (exact) mass is 967 g/mol. The van der Waals surface area contributed by atoms with E-state index in [1.54, 1.807) is 0 Å². The van der Waals surface area contributed by atoms with Crippen molar-refractivity contribution in [3.8, 4) is 66.8 Å². The highest BCUT2D eigenvalue weighted by Gasteiger charge is 2.49. The van der Waals surface area contributed by atoms with E-state index in [4.69, 9.17) is 8.83 Å². The van der Waals surface area contributed by atoms with Crippen molar-refractivity contribution >= 4 is 60.9 Å². The normalized spacial score (nSPS) is 12.8. The zero-order valence-electron chi connectivity index (χ0n) is 41.2. The summed E-state index contributed by atoms with van der Waals surface area (Å²) < 4.78 is 13.0. The number of nitrogens with zero attached hydrogens (tertiary/aromatic N) is 1. The van der Waals surface area contributed by atoms with Gasteiger partial charge >= 0.3 is 0 Å². The van der Waals surface area contributed by atoms with E-state index in [9.17, 15) is 0 Å². The van der Waals surface area contributed by atoms with Crippen LogP contribution in [0.1, 0.15) is 22.3 Å². The highest BCUT2D eigenvalue weighted by atomic mass is 16.3. The number of para-hydroxylation sites is 4. The van der Waals surface area contributed by atoms with Crippen LogP contribution in [-0.2, 0) is 5.41 Å². The maximum atomic E-state index is 6.50. The zero-order valence-corrected chi connectivity index (χ0v) is 41.2. The molecule has 0 aliphatic heterocycles. The first-order valence-electron chi connectivity index (χ1n) is 26.1. The molecule has 0 unspecified atom stereocenters. The largest absolute Gasteiger partial charge is 0.455 e. The van der Waals surface area contributed by atoms with Gasteiger partial charge in [0, 0.05) is 49.7 Å². The van der Waals surface area contributed by atoms with Crippen LogP contribution in [0.4, 0.5) is 17.1 Å². The van der Waals surface area contributed by atoms with Gasteiger partial charge in [-0.05, 0) is 132 Å². The molecule has 2 heterocycles. The molecule has 1 spiro atoms. The zero-order chi connectivity index (χ0) is 49.9. The first-order chi connectivity index (χ1) is 37.7. The average molecular weight is 968 g/mol. The van der Waals surface area contributed by atoms with Crippen molar-refractivity contribution in [2.24, 2.45) is 0 Å². The molecule has 0 N–H and O–H groups in total. The van der Waals surface area contributed by atoms with E-state index in [2.05, 4.69) is 254 Å². The smallest absolute Gasteiger partial charge is 0.143 e.